The first-order chi connectivity index (χ1) is 7.27. The standard InChI is InChI=1S/C11H26N2O2S/c1-10(2)12-8-6-7-9-16(14,15)13(5)11(3)4/h10-12H,6-9H2,1-5H3. The molecular weight excluding hydrogens is 224 g/mol. The van der Waals surface area contributed by atoms with Gasteiger partial charge >= 0.3 is 0 Å². The monoisotopic (exact) mass is 250 g/mol. The molecule has 0 bridgehead atoms. The molecule has 0 atom stereocenters. The van der Waals surface area contributed by atoms with Crippen molar-refractivity contribution in [3.05, 3.63) is 0 Å². The average Bonchev–Trinajstić information content (AvgIpc) is 2.15. The van der Waals surface area contributed by atoms with Gasteiger partial charge in [-0.15, -0.1) is 0 Å². The van der Waals surface area contributed by atoms with Gasteiger partial charge in [-0.1, -0.05) is 13.8 Å². The summed E-state index contributed by atoms with van der Waals surface area (Å²) in [4.78, 5) is 0. The SMILES string of the molecule is CC(C)NCCCCS(=O)(=O)N(C)C(C)C. The molecule has 0 heterocycles. The second-order valence-electron chi connectivity index (χ2n) is 4.74. The van der Waals surface area contributed by atoms with Crippen molar-refractivity contribution in [1.82, 2.24) is 9.62 Å². The van der Waals surface area contributed by atoms with Gasteiger partial charge in [-0.05, 0) is 33.2 Å². The van der Waals surface area contributed by atoms with Crippen LogP contribution in [0.3, 0.4) is 0 Å². The van der Waals surface area contributed by atoms with Gasteiger partial charge in [0.1, 0.15) is 0 Å². The first kappa shape index (κ1) is 15.9. The van der Waals surface area contributed by atoms with Crippen LogP contribution < -0.4 is 5.32 Å². The lowest BCUT2D eigenvalue weighted by Crippen LogP contribution is -2.35. The molecule has 0 saturated heterocycles. The first-order valence-electron chi connectivity index (χ1n) is 5.96. The molecule has 0 aromatic rings. The molecule has 1 N–H and O–H groups in total. The van der Waals surface area contributed by atoms with Crippen molar-refractivity contribution in [2.24, 2.45) is 0 Å². The summed E-state index contributed by atoms with van der Waals surface area (Å²) in [7, 11) is -1.41. The fourth-order valence-corrected chi connectivity index (χ4v) is 2.76. The Morgan fingerprint density at radius 3 is 2.12 bits per heavy atom. The maximum absolute atomic E-state index is 11.8. The number of rotatable bonds is 8. The van der Waals surface area contributed by atoms with Crippen LogP contribution in [-0.2, 0) is 10.0 Å². The van der Waals surface area contributed by atoms with E-state index in [1.165, 1.54) is 4.31 Å². The van der Waals surface area contributed by atoms with Crippen LogP contribution in [0.4, 0.5) is 0 Å². The molecule has 0 saturated carbocycles. The number of hydrogen-bond donors (Lipinski definition) is 1. The summed E-state index contributed by atoms with van der Waals surface area (Å²) in [6.07, 6.45) is 1.63. The highest BCUT2D eigenvalue weighted by Gasteiger charge is 2.19. The minimum absolute atomic E-state index is 0.0405. The molecule has 0 radical (unpaired) electrons. The predicted molar refractivity (Wildman–Crippen MR) is 69.1 cm³/mol. The van der Waals surface area contributed by atoms with E-state index in [1.54, 1.807) is 7.05 Å². The van der Waals surface area contributed by atoms with Gasteiger partial charge < -0.3 is 5.32 Å². The van der Waals surface area contributed by atoms with Crippen LogP contribution >= 0.6 is 0 Å². The summed E-state index contributed by atoms with van der Waals surface area (Å²) in [5.74, 6) is 0.251. The number of sulfonamides is 1. The van der Waals surface area contributed by atoms with Crippen molar-refractivity contribution in [3.63, 3.8) is 0 Å². The lowest BCUT2D eigenvalue weighted by Gasteiger charge is -2.20. The smallest absolute Gasteiger partial charge is 0.214 e. The van der Waals surface area contributed by atoms with Crippen molar-refractivity contribution in [1.29, 1.82) is 0 Å². The summed E-state index contributed by atoms with van der Waals surface area (Å²) in [6, 6.07) is 0.508. The van der Waals surface area contributed by atoms with Crippen molar-refractivity contribution in [2.45, 2.75) is 52.6 Å². The predicted octanol–water partition coefficient (Wildman–Crippen LogP) is 1.43. The van der Waals surface area contributed by atoms with Gasteiger partial charge in [0.05, 0.1) is 5.75 Å². The molecule has 0 aliphatic heterocycles. The highest BCUT2D eigenvalue weighted by atomic mass is 32.2. The Hall–Kier alpha value is -0.130. The van der Waals surface area contributed by atoms with E-state index in [2.05, 4.69) is 19.2 Å². The molecule has 0 aromatic heterocycles. The third-order valence-electron chi connectivity index (χ3n) is 2.55. The normalized spacial score (nSPS) is 13.0. The largest absolute Gasteiger partial charge is 0.315 e. The zero-order chi connectivity index (χ0) is 12.8. The third kappa shape index (κ3) is 6.45. The molecule has 0 aliphatic carbocycles. The molecule has 0 fully saturated rings. The molecule has 16 heavy (non-hydrogen) atoms. The van der Waals surface area contributed by atoms with Crippen molar-refractivity contribution >= 4 is 10.0 Å². The molecule has 0 amide bonds. The van der Waals surface area contributed by atoms with E-state index < -0.39 is 10.0 Å². The fourth-order valence-electron chi connectivity index (χ4n) is 1.27. The minimum Gasteiger partial charge on any atom is -0.315 e. The lowest BCUT2D eigenvalue weighted by molar-refractivity contribution is 0.409. The van der Waals surface area contributed by atoms with Gasteiger partial charge in [-0.3, -0.25) is 0 Å². The third-order valence-corrected chi connectivity index (χ3v) is 4.65. The van der Waals surface area contributed by atoms with Crippen LogP contribution in [0.15, 0.2) is 0 Å². The number of hydrogen-bond acceptors (Lipinski definition) is 3. The van der Waals surface area contributed by atoms with Crippen molar-refractivity contribution < 1.29 is 8.42 Å². The van der Waals surface area contributed by atoms with Gasteiger partial charge in [0.2, 0.25) is 10.0 Å². The van der Waals surface area contributed by atoms with E-state index >= 15 is 0 Å². The summed E-state index contributed by atoms with van der Waals surface area (Å²) in [6.45, 7) is 8.83. The van der Waals surface area contributed by atoms with Crippen molar-refractivity contribution in [2.75, 3.05) is 19.3 Å². The first-order valence-corrected chi connectivity index (χ1v) is 7.57. The molecule has 0 aliphatic rings. The molecule has 4 nitrogen and oxygen atoms in total. The Labute approximate surface area is 100 Å². The molecule has 5 heteroatoms. The van der Waals surface area contributed by atoms with E-state index in [-0.39, 0.29) is 11.8 Å². The Kier molecular flexibility index (Phi) is 7.19. The van der Waals surface area contributed by atoms with E-state index in [9.17, 15) is 8.42 Å². The van der Waals surface area contributed by atoms with Gasteiger partial charge in [0.15, 0.2) is 0 Å². The fraction of sp³-hybridized carbons (Fsp3) is 1.00. The van der Waals surface area contributed by atoms with Crippen LogP contribution in [0.1, 0.15) is 40.5 Å². The number of nitrogens with zero attached hydrogens (tertiary/aromatic N) is 1. The van der Waals surface area contributed by atoms with E-state index in [4.69, 9.17) is 0 Å². The average molecular weight is 250 g/mol. The van der Waals surface area contributed by atoms with Crippen LogP contribution in [-0.4, -0.2) is 44.2 Å². The number of nitrogens with one attached hydrogen (secondary N) is 1. The van der Waals surface area contributed by atoms with Gasteiger partial charge in [0, 0.05) is 19.1 Å². The molecular formula is C11H26N2O2S. The highest BCUT2D eigenvalue weighted by Crippen LogP contribution is 2.06. The summed E-state index contributed by atoms with van der Waals surface area (Å²) >= 11 is 0. The summed E-state index contributed by atoms with van der Waals surface area (Å²) in [5.41, 5.74) is 0. The molecule has 98 valence electrons. The highest BCUT2D eigenvalue weighted by molar-refractivity contribution is 7.89. The van der Waals surface area contributed by atoms with Gasteiger partial charge in [0.25, 0.3) is 0 Å². The Morgan fingerprint density at radius 1 is 1.12 bits per heavy atom. The maximum atomic E-state index is 11.8. The summed E-state index contributed by atoms with van der Waals surface area (Å²) in [5, 5.41) is 3.28. The van der Waals surface area contributed by atoms with Gasteiger partial charge in [-0.2, -0.15) is 0 Å². The Balaban J connectivity index is 3.84. The molecule has 0 aromatic carbocycles. The van der Waals surface area contributed by atoms with Crippen LogP contribution in [0.25, 0.3) is 0 Å². The molecule has 0 unspecified atom stereocenters. The Bertz CT molecular complexity index is 274. The molecule has 0 spiro atoms. The van der Waals surface area contributed by atoms with E-state index in [0.29, 0.717) is 6.04 Å². The van der Waals surface area contributed by atoms with Crippen molar-refractivity contribution in [3.8, 4) is 0 Å². The zero-order valence-electron chi connectivity index (χ0n) is 11.2. The van der Waals surface area contributed by atoms with Crippen LogP contribution in [0, 0.1) is 0 Å². The quantitative estimate of drug-likeness (QED) is 0.663. The van der Waals surface area contributed by atoms with E-state index in [1.807, 2.05) is 13.8 Å². The van der Waals surface area contributed by atoms with Crippen LogP contribution in [0.2, 0.25) is 0 Å². The second kappa shape index (κ2) is 7.25. The zero-order valence-corrected chi connectivity index (χ0v) is 12.0. The topological polar surface area (TPSA) is 49.4 Å². The van der Waals surface area contributed by atoms with Gasteiger partial charge in [-0.25, -0.2) is 12.7 Å². The second-order valence-corrected chi connectivity index (χ2v) is 6.89. The van der Waals surface area contributed by atoms with E-state index in [0.717, 1.165) is 19.4 Å². The maximum Gasteiger partial charge on any atom is 0.214 e. The minimum atomic E-state index is -3.05. The molecule has 0 rings (SSSR count). The summed E-state index contributed by atoms with van der Waals surface area (Å²) < 4.78 is 25.0. The Morgan fingerprint density at radius 2 is 1.69 bits per heavy atom. The van der Waals surface area contributed by atoms with Crippen LogP contribution in [0.5, 0.6) is 0 Å². The lowest BCUT2D eigenvalue weighted by atomic mass is 10.3. The number of unbranched alkanes of at least 4 members (excludes halogenated alkanes) is 1.